The Hall–Kier alpha value is -2.09. The van der Waals surface area contributed by atoms with E-state index in [9.17, 15) is 9.90 Å². The molecule has 3 aromatic rings. The smallest absolute Gasteiger partial charge is 0.550 e. The number of hydrazine groups is 1. The number of fused-ring (bicyclic) bond motifs is 1. The zero-order valence-corrected chi connectivity index (χ0v) is 25.7. The summed E-state index contributed by atoms with van der Waals surface area (Å²) in [4.78, 5) is 20.6. The van der Waals surface area contributed by atoms with Crippen molar-refractivity contribution in [2.75, 3.05) is 22.2 Å². The molecule has 1 unspecified atom stereocenters. The quantitative estimate of drug-likeness (QED) is 0.160. The molecule has 0 saturated carbocycles. The van der Waals surface area contributed by atoms with Crippen LogP contribution in [0.2, 0.25) is 0 Å². The van der Waals surface area contributed by atoms with Gasteiger partial charge in [0.1, 0.15) is 9.98 Å². The molecule has 0 amide bonds. The number of carbonyl (C=O) groups is 1. The van der Waals surface area contributed by atoms with Crippen molar-refractivity contribution >= 4 is 57.4 Å². The number of carbonyl (C=O) groups excluding carboxylic acids is 1. The van der Waals surface area contributed by atoms with Gasteiger partial charge in [0.25, 0.3) is 0 Å². The standard InChI is InChI=1S/C27H27N5O3S2.K/c33-24(34)13-21-15-32(14-17-5-2-1-3-6-17)23-11-18(9-10-22(23)28-21)16-35-31-20-8-4-7-19(12-20)25-26(36)29-30-27(25)37;/h1-12,21,25,28,31H,13-16H2,(H,29,36)(H,30,37)(H,33,34);/q;+1/p-1. The fourth-order valence-electron chi connectivity index (χ4n) is 4.62. The van der Waals surface area contributed by atoms with Crippen molar-refractivity contribution in [1.29, 1.82) is 0 Å². The summed E-state index contributed by atoms with van der Waals surface area (Å²) in [6.07, 6.45) is -0.0546. The number of nitrogens with one attached hydrogen (secondary N) is 4. The zero-order valence-electron chi connectivity index (χ0n) is 20.9. The van der Waals surface area contributed by atoms with Crippen LogP contribution in [0.1, 0.15) is 29.0 Å². The van der Waals surface area contributed by atoms with Gasteiger partial charge in [-0.3, -0.25) is 21.2 Å². The van der Waals surface area contributed by atoms with Gasteiger partial charge in [0, 0.05) is 31.5 Å². The van der Waals surface area contributed by atoms with E-state index in [2.05, 4.69) is 44.7 Å². The molecule has 2 heterocycles. The summed E-state index contributed by atoms with van der Waals surface area (Å²) in [5, 5.41) is 14.6. The summed E-state index contributed by atoms with van der Waals surface area (Å²) < 4.78 is 0. The first-order valence-corrected chi connectivity index (χ1v) is 12.7. The molecule has 0 bridgehead atoms. The number of hydrogen-bond donors (Lipinski definition) is 4. The van der Waals surface area contributed by atoms with Gasteiger partial charge >= 0.3 is 51.4 Å². The predicted octanol–water partition coefficient (Wildman–Crippen LogP) is 0.0212. The molecule has 190 valence electrons. The van der Waals surface area contributed by atoms with E-state index >= 15 is 0 Å². The van der Waals surface area contributed by atoms with Crippen LogP contribution >= 0.6 is 24.4 Å². The Kier molecular flexibility index (Phi) is 10.1. The third kappa shape index (κ3) is 7.10. The van der Waals surface area contributed by atoms with Gasteiger partial charge in [-0.05, 0) is 41.0 Å². The molecule has 5 rings (SSSR count). The molecule has 0 aliphatic carbocycles. The molecule has 8 nitrogen and oxygen atoms in total. The largest absolute Gasteiger partial charge is 1.00 e. The minimum absolute atomic E-state index is 0. The first-order valence-electron chi connectivity index (χ1n) is 11.9. The molecule has 4 N–H and O–H groups in total. The van der Waals surface area contributed by atoms with Crippen molar-refractivity contribution in [2.24, 2.45) is 0 Å². The molecule has 2 aliphatic heterocycles. The van der Waals surface area contributed by atoms with Gasteiger partial charge in [-0.1, -0.05) is 73.0 Å². The summed E-state index contributed by atoms with van der Waals surface area (Å²) in [6, 6.07) is 23.7. The number of benzene rings is 3. The number of anilines is 3. The van der Waals surface area contributed by atoms with Gasteiger partial charge in [-0.25, -0.2) is 0 Å². The van der Waals surface area contributed by atoms with Gasteiger partial charge < -0.3 is 20.1 Å². The summed E-state index contributed by atoms with van der Waals surface area (Å²) >= 11 is 10.7. The first-order chi connectivity index (χ1) is 18.0. The van der Waals surface area contributed by atoms with E-state index in [-0.39, 0.29) is 69.8 Å². The number of nitrogens with zero attached hydrogens (tertiary/aromatic N) is 1. The van der Waals surface area contributed by atoms with Crippen molar-refractivity contribution in [3.63, 3.8) is 0 Å². The second-order valence-electron chi connectivity index (χ2n) is 9.06. The summed E-state index contributed by atoms with van der Waals surface area (Å²) in [7, 11) is 0. The molecule has 38 heavy (non-hydrogen) atoms. The van der Waals surface area contributed by atoms with Crippen molar-refractivity contribution < 1.29 is 66.1 Å². The Morgan fingerprint density at radius 3 is 2.50 bits per heavy atom. The van der Waals surface area contributed by atoms with Gasteiger partial charge in [0.15, 0.2) is 0 Å². The fraction of sp³-hybridized carbons (Fsp3) is 0.222. The molecule has 1 saturated heterocycles. The maximum Gasteiger partial charge on any atom is 1.00 e. The topological polar surface area (TPSA) is 101 Å². The van der Waals surface area contributed by atoms with E-state index in [4.69, 9.17) is 29.3 Å². The number of hydrogen-bond acceptors (Lipinski definition) is 8. The van der Waals surface area contributed by atoms with E-state index in [1.165, 1.54) is 0 Å². The number of carboxylic acid groups (broad SMARTS) is 1. The second-order valence-corrected chi connectivity index (χ2v) is 9.94. The molecule has 0 aromatic heterocycles. The van der Waals surface area contributed by atoms with E-state index in [1.54, 1.807) is 0 Å². The molecule has 0 spiro atoms. The summed E-state index contributed by atoms with van der Waals surface area (Å²) in [5.74, 6) is -1.22. The van der Waals surface area contributed by atoms with Gasteiger partial charge in [0.2, 0.25) is 0 Å². The Bertz CT molecular complexity index is 1310. The Morgan fingerprint density at radius 2 is 1.76 bits per heavy atom. The first kappa shape index (κ1) is 28.9. The Morgan fingerprint density at radius 1 is 1.00 bits per heavy atom. The maximum absolute atomic E-state index is 11.2. The number of carboxylic acids is 1. The predicted molar refractivity (Wildman–Crippen MR) is 150 cm³/mol. The molecule has 11 heteroatoms. The normalized spacial score (nSPS) is 16.5. The average molecular weight is 572 g/mol. The SMILES string of the molecule is O=C([O-])CC1CN(Cc2ccccc2)c2cc(CONc3cccc(C4C(=S)NNC4=S)c3)ccc2N1.[K+]. The molecule has 3 aromatic carbocycles. The van der Waals surface area contributed by atoms with Crippen LogP contribution in [0.3, 0.4) is 0 Å². The van der Waals surface area contributed by atoms with E-state index in [0.717, 1.165) is 33.8 Å². The molecular formula is C27H26KN5O3S2. The van der Waals surface area contributed by atoms with Crippen LogP contribution in [0.4, 0.5) is 17.1 Å². The minimum atomic E-state index is -1.06. The van der Waals surface area contributed by atoms with Crippen LogP contribution in [0.15, 0.2) is 72.8 Å². The fourth-order valence-corrected chi connectivity index (χ4v) is 5.31. The monoisotopic (exact) mass is 571 g/mol. The van der Waals surface area contributed by atoms with Crippen LogP contribution in [-0.4, -0.2) is 28.5 Å². The summed E-state index contributed by atoms with van der Waals surface area (Å²) in [5.41, 5.74) is 14.6. The van der Waals surface area contributed by atoms with Crippen LogP contribution in [0.25, 0.3) is 0 Å². The zero-order chi connectivity index (χ0) is 25.8. The molecule has 1 atom stereocenters. The number of aliphatic carboxylic acids is 1. The van der Waals surface area contributed by atoms with Crippen LogP contribution < -0.4 is 83.0 Å². The third-order valence-electron chi connectivity index (χ3n) is 6.31. The second kappa shape index (κ2) is 13.3. The van der Waals surface area contributed by atoms with Gasteiger partial charge in [0.05, 0.1) is 29.6 Å². The van der Waals surface area contributed by atoms with E-state index in [0.29, 0.717) is 29.7 Å². The molecule has 1 fully saturated rings. The van der Waals surface area contributed by atoms with Gasteiger partial charge in [-0.15, -0.1) is 0 Å². The minimum Gasteiger partial charge on any atom is -0.550 e. The third-order valence-corrected chi connectivity index (χ3v) is 6.99. The van der Waals surface area contributed by atoms with Crippen molar-refractivity contribution in [3.05, 3.63) is 89.5 Å². The molecular weight excluding hydrogens is 546 g/mol. The average Bonchev–Trinajstić information content (AvgIpc) is 3.22. The number of rotatable bonds is 9. The molecule has 0 radical (unpaired) electrons. The van der Waals surface area contributed by atoms with Crippen molar-refractivity contribution in [3.8, 4) is 0 Å². The van der Waals surface area contributed by atoms with Crippen LogP contribution in [0.5, 0.6) is 0 Å². The van der Waals surface area contributed by atoms with Crippen LogP contribution in [-0.2, 0) is 22.8 Å². The Labute approximate surface area is 274 Å². The van der Waals surface area contributed by atoms with Crippen LogP contribution in [0, 0.1) is 0 Å². The molecule has 2 aliphatic rings. The van der Waals surface area contributed by atoms with E-state index < -0.39 is 5.97 Å². The Balaban J connectivity index is 0.00000336. The van der Waals surface area contributed by atoms with Crippen molar-refractivity contribution in [1.82, 2.24) is 10.9 Å². The van der Waals surface area contributed by atoms with Crippen molar-refractivity contribution in [2.45, 2.75) is 31.5 Å². The number of thiocarbonyl (C=S) groups is 2. The summed E-state index contributed by atoms with van der Waals surface area (Å²) in [6.45, 7) is 1.56. The maximum atomic E-state index is 11.2. The van der Waals surface area contributed by atoms with Gasteiger partial charge in [-0.2, -0.15) is 0 Å². The van der Waals surface area contributed by atoms with E-state index in [1.807, 2.05) is 54.6 Å².